The molecule has 0 spiro atoms. The predicted octanol–water partition coefficient (Wildman–Crippen LogP) is 3.16. The Balaban J connectivity index is 1.74. The second kappa shape index (κ2) is 12.2. The number of methoxy groups -OCH3 is 3. The Morgan fingerprint density at radius 3 is 2.24 bits per heavy atom. The topological polar surface area (TPSA) is 156 Å². The molecule has 1 N–H and O–H groups in total. The molecule has 15 heteroatoms. The molecule has 1 aliphatic rings. The van der Waals surface area contributed by atoms with Gasteiger partial charge in [-0.25, -0.2) is 18.4 Å². The molecule has 0 saturated heterocycles. The molecule has 2 atom stereocenters. The number of nitrogens with one attached hydrogen (secondary N) is 1. The van der Waals surface area contributed by atoms with Crippen LogP contribution in [-0.4, -0.2) is 69.7 Å². The van der Waals surface area contributed by atoms with Crippen LogP contribution in [0.2, 0.25) is 5.02 Å². The van der Waals surface area contributed by atoms with Gasteiger partial charge in [-0.2, -0.15) is 9.97 Å². The molecule has 13 nitrogen and oxygen atoms in total. The number of anilines is 1. The fourth-order valence-corrected chi connectivity index (χ4v) is 5.82. The van der Waals surface area contributed by atoms with Crippen LogP contribution >= 0.6 is 11.6 Å². The average molecular weight is 567 g/mol. The molecule has 4 rings (SSSR count). The molecule has 206 valence electrons. The summed E-state index contributed by atoms with van der Waals surface area (Å²) in [5.41, 5.74) is 0.294. The lowest BCUT2D eigenvalue weighted by molar-refractivity contribution is 0.0950. The molecule has 0 radical (unpaired) electrons. The molecular weight excluding hydrogens is 536 g/mol. The van der Waals surface area contributed by atoms with Gasteiger partial charge in [0, 0.05) is 25.9 Å². The second-order valence-electron chi connectivity index (χ2n) is 8.99. The van der Waals surface area contributed by atoms with Crippen molar-refractivity contribution in [3.05, 3.63) is 35.4 Å². The highest BCUT2D eigenvalue weighted by atomic mass is 35.5. The van der Waals surface area contributed by atoms with Crippen LogP contribution < -0.4 is 14.2 Å². The summed E-state index contributed by atoms with van der Waals surface area (Å²) in [5, 5.41) is 7.78. The Morgan fingerprint density at radius 1 is 1.03 bits per heavy atom. The van der Waals surface area contributed by atoms with E-state index in [1.807, 2.05) is 0 Å². The van der Waals surface area contributed by atoms with Crippen molar-refractivity contribution in [2.24, 2.45) is 5.92 Å². The van der Waals surface area contributed by atoms with E-state index in [2.05, 4.69) is 34.9 Å². The quantitative estimate of drug-likeness (QED) is 0.363. The third kappa shape index (κ3) is 5.97. The molecule has 0 aliphatic heterocycles. The number of rotatable bonds is 11. The molecule has 0 bridgehead atoms. The zero-order valence-electron chi connectivity index (χ0n) is 21.7. The zero-order chi connectivity index (χ0) is 27.3. The van der Waals surface area contributed by atoms with Gasteiger partial charge in [-0.15, -0.1) is 10.2 Å². The predicted molar refractivity (Wildman–Crippen MR) is 139 cm³/mol. The highest BCUT2D eigenvalue weighted by Gasteiger charge is 2.35. The van der Waals surface area contributed by atoms with Gasteiger partial charge in [-0.3, -0.25) is 9.29 Å². The SMILES string of the molecule is COc1ncnc(OC)c1-n1c(CC2CCCCC2)nnc1NS(=O)(=O)[C@@H](C)[C@H](OC)c1ncc(Cl)cn1. The van der Waals surface area contributed by atoms with Crippen LogP contribution in [0.5, 0.6) is 11.8 Å². The summed E-state index contributed by atoms with van der Waals surface area (Å²) in [4.78, 5) is 16.6. The minimum atomic E-state index is -4.11. The van der Waals surface area contributed by atoms with E-state index in [1.165, 1.54) is 53.4 Å². The van der Waals surface area contributed by atoms with E-state index in [-0.39, 0.29) is 23.5 Å². The number of hydrogen-bond acceptors (Lipinski definition) is 11. The van der Waals surface area contributed by atoms with Crippen molar-refractivity contribution in [1.82, 2.24) is 34.7 Å². The third-order valence-electron chi connectivity index (χ3n) is 6.59. The Bertz CT molecular complexity index is 1310. The van der Waals surface area contributed by atoms with Gasteiger partial charge in [0.15, 0.2) is 11.5 Å². The van der Waals surface area contributed by atoms with E-state index in [0.717, 1.165) is 25.7 Å². The van der Waals surface area contributed by atoms with Crippen LogP contribution in [0.4, 0.5) is 5.95 Å². The van der Waals surface area contributed by atoms with Gasteiger partial charge < -0.3 is 14.2 Å². The van der Waals surface area contributed by atoms with Gasteiger partial charge in [0.25, 0.3) is 0 Å². The number of aromatic nitrogens is 7. The van der Waals surface area contributed by atoms with Crippen molar-refractivity contribution in [3.63, 3.8) is 0 Å². The number of halogens is 1. The third-order valence-corrected chi connectivity index (χ3v) is 8.48. The van der Waals surface area contributed by atoms with E-state index in [9.17, 15) is 8.42 Å². The van der Waals surface area contributed by atoms with Crippen molar-refractivity contribution in [1.29, 1.82) is 0 Å². The van der Waals surface area contributed by atoms with Crippen molar-refractivity contribution >= 4 is 27.6 Å². The first-order chi connectivity index (χ1) is 18.3. The van der Waals surface area contributed by atoms with Crippen molar-refractivity contribution < 1.29 is 22.6 Å². The molecule has 3 heterocycles. The number of ether oxygens (including phenoxy) is 3. The van der Waals surface area contributed by atoms with Crippen molar-refractivity contribution in [3.8, 4) is 17.4 Å². The molecule has 1 aliphatic carbocycles. The second-order valence-corrected chi connectivity index (χ2v) is 11.5. The fraction of sp³-hybridized carbons (Fsp3) is 0.565. The maximum absolute atomic E-state index is 13.6. The maximum Gasteiger partial charge on any atom is 0.245 e. The van der Waals surface area contributed by atoms with Crippen LogP contribution in [0, 0.1) is 5.92 Å². The molecule has 3 aromatic rings. The lowest BCUT2D eigenvalue weighted by Gasteiger charge is -2.23. The zero-order valence-corrected chi connectivity index (χ0v) is 23.2. The largest absolute Gasteiger partial charge is 0.479 e. The first kappa shape index (κ1) is 27.9. The van der Waals surface area contributed by atoms with Gasteiger partial charge in [-0.1, -0.05) is 43.7 Å². The Hall–Kier alpha value is -3.10. The number of sulfonamides is 1. The standard InChI is InChI=1S/C23H31ClN8O5S/c1-14(19(35-2)20-25-11-16(24)12-26-20)38(33,34)31-23-30-29-17(10-15-8-6-5-7-9-15)32(23)18-21(36-3)27-13-28-22(18)37-4/h11-15,19H,5-10H2,1-4H3,(H,30,31)/t14-,19-/m0/s1. The van der Waals surface area contributed by atoms with Crippen LogP contribution in [-0.2, 0) is 21.2 Å². The molecule has 1 fully saturated rings. The first-order valence-electron chi connectivity index (χ1n) is 12.2. The molecule has 0 unspecified atom stereocenters. The Kier molecular flexibility index (Phi) is 8.95. The van der Waals surface area contributed by atoms with Gasteiger partial charge in [0.1, 0.15) is 23.5 Å². The lowest BCUT2D eigenvalue weighted by atomic mass is 9.87. The van der Waals surface area contributed by atoms with E-state index in [0.29, 0.717) is 28.9 Å². The smallest absolute Gasteiger partial charge is 0.245 e. The number of hydrogen-bond donors (Lipinski definition) is 1. The van der Waals surface area contributed by atoms with Gasteiger partial charge >= 0.3 is 0 Å². The maximum atomic E-state index is 13.6. The summed E-state index contributed by atoms with van der Waals surface area (Å²) < 4.78 is 47.7. The normalized spacial score (nSPS) is 16.1. The van der Waals surface area contributed by atoms with Crippen LogP contribution in [0.25, 0.3) is 5.69 Å². The number of nitrogens with zero attached hydrogens (tertiary/aromatic N) is 7. The van der Waals surface area contributed by atoms with E-state index >= 15 is 0 Å². The van der Waals surface area contributed by atoms with E-state index in [1.54, 1.807) is 4.57 Å². The summed E-state index contributed by atoms with van der Waals surface area (Å²) in [5.74, 6) is 1.41. The first-order valence-corrected chi connectivity index (χ1v) is 14.1. The molecule has 38 heavy (non-hydrogen) atoms. The molecule has 0 amide bonds. The monoisotopic (exact) mass is 566 g/mol. The Morgan fingerprint density at radius 2 is 1.66 bits per heavy atom. The minimum Gasteiger partial charge on any atom is -0.479 e. The van der Waals surface area contributed by atoms with Crippen molar-refractivity contribution in [2.75, 3.05) is 26.1 Å². The average Bonchev–Trinajstić information content (AvgIpc) is 3.30. The molecular formula is C23H31ClN8O5S. The summed E-state index contributed by atoms with van der Waals surface area (Å²) in [6.45, 7) is 1.49. The molecule has 1 saturated carbocycles. The van der Waals surface area contributed by atoms with Gasteiger partial charge in [0.2, 0.25) is 27.7 Å². The molecule has 0 aromatic carbocycles. The summed E-state index contributed by atoms with van der Waals surface area (Å²) in [6, 6.07) is 0. The highest BCUT2D eigenvalue weighted by molar-refractivity contribution is 7.93. The fourth-order valence-electron chi connectivity index (χ4n) is 4.60. The lowest BCUT2D eigenvalue weighted by Crippen LogP contribution is -2.33. The summed E-state index contributed by atoms with van der Waals surface area (Å²) in [6.07, 6.45) is 9.27. The summed E-state index contributed by atoms with van der Waals surface area (Å²) in [7, 11) is 0.191. The van der Waals surface area contributed by atoms with Gasteiger partial charge in [-0.05, 0) is 12.8 Å². The summed E-state index contributed by atoms with van der Waals surface area (Å²) >= 11 is 5.89. The van der Waals surface area contributed by atoms with Crippen LogP contribution in [0.3, 0.4) is 0 Å². The highest BCUT2D eigenvalue weighted by Crippen LogP contribution is 2.35. The Labute approximate surface area is 226 Å². The van der Waals surface area contributed by atoms with Gasteiger partial charge in [0.05, 0.1) is 19.2 Å². The van der Waals surface area contributed by atoms with Crippen LogP contribution in [0.15, 0.2) is 18.7 Å². The van der Waals surface area contributed by atoms with E-state index < -0.39 is 21.4 Å². The van der Waals surface area contributed by atoms with Crippen LogP contribution in [0.1, 0.15) is 56.8 Å². The minimum absolute atomic E-state index is 0.0547. The van der Waals surface area contributed by atoms with E-state index in [4.69, 9.17) is 25.8 Å². The van der Waals surface area contributed by atoms with Crippen molar-refractivity contribution in [2.45, 2.75) is 56.8 Å². The molecule has 3 aromatic heterocycles.